The fourth-order valence-electron chi connectivity index (χ4n) is 1.38. The highest BCUT2D eigenvalue weighted by molar-refractivity contribution is 5.85. The highest BCUT2D eigenvalue weighted by Crippen LogP contribution is 2.47. The van der Waals surface area contributed by atoms with Gasteiger partial charge >= 0.3 is 18.0 Å². The third-order valence-electron chi connectivity index (χ3n) is 2.42. The second-order valence-electron chi connectivity index (χ2n) is 3.69. The van der Waals surface area contributed by atoms with Crippen molar-refractivity contribution in [1.82, 2.24) is 10.2 Å². The Kier molecular flexibility index (Phi) is 3.80. The van der Waals surface area contributed by atoms with E-state index >= 15 is 0 Å². The van der Waals surface area contributed by atoms with Gasteiger partial charge in [0.1, 0.15) is 0 Å². The van der Waals surface area contributed by atoms with Crippen LogP contribution in [0.3, 0.4) is 0 Å². The minimum atomic E-state index is -6.49. The Hall–Kier alpha value is -1.06. The van der Waals surface area contributed by atoms with Gasteiger partial charge in [-0.25, -0.2) is 0 Å². The molecule has 0 spiro atoms. The summed E-state index contributed by atoms with van der Waals surface area (Å²) in [5.41, 5.74) is 0. The smallest absolute Gasteiger partial charge is 0.335 e. The van der Waals surface area contributed by atoms with E-state index in [-0.39, 0.29) is 31.1 Å². The van der Waals surface area contributed by atoms with Gasteiger partial charge in [0.2, 0.25) is 0 Å². The minimum Gasteiger partial charge on any atom is -0.335 e. The van der Waals surface area contributed by atoms with Crippen LogP contribution in [0.15, 0.2) is 0 Å². The second kappa shape index (κ2) is 4.56. The Balaban J connectivity index is 2.94. The first kappa shape index (κ1) is 15.0. The molecule has 0 atom stereocenters. The van der Waals surface area contributed by atoms with Crippen LogP contribution in [0.5, 0.6) is 0 Å². The number of hydrogen-bond donors (Lipinski definition) is 1. The van der Waals surface area contributed by atoms with Gasteiger partial charge in [0.25, 0.3) is 5.91 Å². The molecule has 0 aromatic carbocycles. The average Bonchev–Trinajstić information content (AvgIpc) is 2.27. The molecule has 0 saturated carbocycles. The van der Waals surface area contributed by atoms with Gasteiger partial charge in [0, 0.05) is 26.2 Å². The maximum absolute atomic E-state index is 13.0. The number of amides is 1. The summed E-state index contributed by atoms with van der Waals surface area (Å²) in [6.07, 6.45) is -6.49. The zero-order valence-electron chi connectivity index (χ0n) is 8.83. The number of nitrogens with zero attached hydrogens (tertiary/aromatic N) is 1. The molecule has 1 aliphatic rings. The van der Waals surface area contributed by atoms with Crippen molar-refractivity contribution in [2.24, 2.45) is 0 Å². The zero-order valence-corrected chi connectivity index (χ0v) is 8.83. The van der Waals surface area contributed by atoms with Crippen LogP contribution in [0.25, 0.3) is 0 Å². The van der Waals surface area contributed by atoms with E-state index in [0.717, 1.165) is 0 Å². The lowest BCUT2D eigenvalue weighted by molar-refractivity contribution is -0.346. The molecule has 0 aromatic heterocycles. The molecular formula is C8H9F7N2O. The summed E-state index contributed by atoms with van der Waals surface area (Å²) in [4.78, 5) is 11.4. The van der Waals surface area contributed by atoms with Crippen molar-refractivity contribution in [3.05, 3.63) is 0 Å². The van der Waals surface area contributed by atoms with Gasteiger partial charge in [-0.3, -0.25) is 4.79 Å². The SMILES string of the molecule is O=C(N1CCNCC1)C(F)(F)C(F)(F)C(F)(F)F. The molecule has 106 valence electrons. The normalized spacial score (nSPS) is 18.9. The number of carbonyl (C=O) groups excluding carboxylic acids is 1. The number of piperazine rings is 1. The van der Waals surface area contributed by atoms with E-state index in [1.807, 2.05) is 0 Å². The van der Waals surface area contributed by atoms with E-state index < -0.39 is 23.9 Å². The van der Waals surface area contributed by atoms with Crippen molar-refractivity contribution >= 4 is 5.91 Å². The van der Waals surface area contributed by atoms with Crippen molar-refractivity contribution in [1.29, 1.82) is 0 Å². The number of nitrogens with one attached hydrogen (secondary N) is 1. The summed E-state index contributed by atoms with van der Waals surface area (Å²) in [5, 5.41) is 2.64. The molecule has 0 aromatic rings. The molecule has 0 aliphatic carbocycles. The van der Waals surface area contributed by atoms with Gasteiger partial charge in [-0.15, -0.1) is 0 Å². The topological polar surface area (TPSA) is 32.3 Å². The molecule has 10 heteroatoms. The van der Waals surface area contributed by atoms with Gasteiger partial charge in [0.05, 0.1) is 0 Å². The predicted octanol–water partition coefficient (Wildman–Crippen LogP) is 1.25. The molecule has 1 amide bonds. The molecule has 0 bridgehead atoms. The number of hydrogen-bond acceptors (Lipinski definition) is 2. The van der Waals surface area contributed by atoms with Crippen LogP contribution in [-0.4, -0.2) is 55.0 Å². The number of carbonyl (C=O) groups is 1. The number of halogens is 7. The average molecular weight is 282 g/mol. The highest BCUT2D eigenvalue weighted by atomic mass is 19.4. The van der Waals surface area contributed by atoms with Crippen LogP contribution < -0.4 is 5.32 Å². The third-order valence-corrected chi connectivity index (χ3v) is 2.42. The monoisotopic (exact) mass is 282 g/mol. The number of rotatable bonds is 2. The Morgan fingerprint density at radius 2 is 1.39 bits per heavy atom. The maximum Gasteiger partial charge on any atom is 0.460 e. The Labute approximate surface area is 96.9 Å². The van der Waals surface area contributed by atoms with Crippen LogP contribution in [0.4, 0.5) is 30.7 Å². The fourth-order valence-corrected chi connectivity index (χ4v) is 1.38. The maximum atomic E-state index is 13.0. The summed E-state index contributed by atoms with van der Waals surface area (Å²) < 4.78 is 86.7. The van der Waals surface area contributed by atoms with Crippen LogP contribution in [-0.2, 0) is 4.79 Å². The molecule has 1 N–H and O–H groups in total. The molecule has 1 fully saturated rings. The Morgan fingerprint density at radius 3 is 1.78 bits per heavy atom. The molecule has 1 saturated heterocycles. The van der Waals surface area contributed by atoms with Gasteiger partial charge in [-0.2, -0.15) is 30.7 Å². The highest BCUT2D eigenvalue weighted by Gasteiger charge is 2.76. The van der Waals surface area contributed by atoms with Crippen molar-refractivity contribution < 1.29 is 35.5 Å². The first-order valence-corrected chi connectivity index (χ1v) is 4.84. The second-order valence-corrected chi connectivity index (χ2v) is 3.69. The fraction of sp³-hybridized carbons (Fsp3) is 0.875. The largest absolute Gasteiger partial charge is 0.460 e. The molecule has 1 heterocycles. The Bertz CT molecular complexity index is 322. The molecule has 1 aliphatic heterocycles. The predicted molar refractivity (Wildman–Crippen MR) is 45.4 cm³/mol. The lowest BCUT2D eigenvalue weighted by Crippen LogP contribution is -2.62. The van der Waals surface area contributed by atoms with Gasteiger partial charge in [-0.1, -0.05) is 0 Å². The van der Waals surface area contributed by atoms with Crippen molar-refractivity contribution in [2.45, 2.75) is 18.0 Å². The third kappa shape index (κ3) is 2.38. The lowest BCUT2D eigenvalue weighted by atomic mass is 10.1. The van der Waals surface area contributed by atoms with Crippen molar-refractivity contribution in [3.8, 4) is 0 Å². The Morgan fingerprint density at radius 1 is 0.944 bits per heavy atom. The van der Waals surface area contributed by atoms with Gasteiger partial charge in [0.15, 0.2) is 0 Å². The summed E-state index contributed by atoms with van der Waals surface area (Å²) >= 11 is 0. The molecule has 0 radical (unpaired) electrons. The first-order chi connectivity index (χ1) is 8.02. The lowest BCUT2D eigenvalue weighted by Gasteiger charge is -2.34. The first-order valence-electron chi connectivity index (χ1n) is 4.84. The molecule has 1 rings (SSSR count). The summed E-state index contributed by atoms with van der Waals surface area (Å²) in [6.45, 7) is -0.580. The van der Waals surface area contributed by atoms with Gasteiger partial charge in [-0.05, 0) is 0 Å². The van der Waals surface area contributed by atoms with Crippen LogP contribution >= 0.6 is 0 Å². The standard InChI is InChI=1S/C8H9F7N2O/c9-6(10,7(11,12)8(13,14)15)5(18)17-3-1-16-2-4-17/h16H,1-4H2. The molecular weight excluding hydrogens is 273 g/mol. The van der Waals surface area contributed by atoms with Crippen molar-refractivity contribution in [3.63, 3.8) is 0 Å². The van der Waals surface area contributed by atoms with E-state index in [0.29, 0.717) is 0 Å². The molecule has 3 nitrogen and oxygen atoms in total. The van der Waals surface area contributed by atoms with Crippen LogP contribution in [0.1, 0.15) is 0 Å². The summed E-state index contributed by atoms with van der Waals surface area (Å²) in [5.74, 6) is -14.7. The van der Waals surface area contributed by atoms with E-state index in [1.54, 1.807) is 0 Å². The van der Waals surface area contributed by atoms with E-state index in [4.69, 9.17) is 0 Å². The van der Waals surface area contributed by atoms with Crippen LogP contribution in [0, 0.1) is 0 Å². The zero-order chi connectivity index (χ0) is 14.2. The van der Waals surface area contributed by atoms with E-state index in [2.05, 4.69) is 5.32 Å². The minimum absolute atomic E-state index is 0.0550. The quantitative estimate of drug-likeness (QED) is 0.773. The van der Waals surface area contributed by atoms with Crippen molar-refractivity contribution in [2.75, 3.05) is 26.2 Å². The number of alkyl halides is 7. The molecule has 0 unspecified atom stereocenters. The molecule has 18 heavy (non-hydrogen) atoms. The van der Waals surface area contributed by atoms with Crippen LogP contribution in [0.2, 0.25) is 0 Å². The summed E-state index contributed by atoms with van der Waals surface area (Å²) in [7, 11) is 0. The van der Waals surface area contributed by atoms with Gasteiger partial charge < -0.3 is 10.2 Å². The van der Waals surface area contributed by atoms with E-state index in [1.165, 1.54) is 0 Å². The van der Waals surface area contributed by atoms with E-state index in [9.17, 15) is 35.5 Å². The summed E-state index contributed by atoms with van der Waals surface area (Å²) in [6, 6.07) is 0.